The van der Waals surface area contributed by atoms with Crippen LogP contribution in [0.3, 0.4) is 0 Å². The van der Waals surface area contributed by atoms with E-state index in [2.05, 4.69) is 19.9 Å². The molecule has 0 fully saturated rings. The van der Waals surface area contributed by atoms with Gasteiger partial charge in [0.25, 0.3) is 0 Å². The van der Waals surface area contributed by atoms with Crippen LogP contribution in [0.5, 0.6) is 0 Å². The fourth-order valence-corrected chi connectivity index (χ4v) is 1.69. The van der Waals surface area contributed by atoms with E-state index < -0.39 is 5.97 Å². The number of carboxylic acid groups (broad SMARTS) is 1. The quantitative estimate of drug-likeness (QED) is 0.378. The summed E-state index contributed by atoms with van der Waals surface area (Å²) in [5, 5.41) is 8.57. The number of rotatable bonds is 8. The zero-order valence-corrected chi connectivity index (χ0v) is 10.8. The second-order valence-electron chi connectivity index (χ2n) is 4.41. The summed E-state index contributed by atoms with van der Waals surface area (Å²) >= 11 is 0. The standard InChI is InChI=1S/C14H24O2/c1-4-5-6-7-8-9-12(2)10-13(3)11-14(15)16/h9,11H,4-8,10H2,1-3H3,(H,15,16)/b12-9+,13-11-. The minimum Gasteiger partial charge on any atom is -0.478 e. The lowest BCUT2D eigenvalue weighted by atomic mass is 10.1. The Bertz CT molecular complexity index is 262. The number of hydrogen-bond acceptors (Lipinski definition) is 1. The molecule has 0 aromatic carbocycles. The van der Waals surface area contributed by atoms with Crippen LogP contribution < -0.4 is 0 Å². The van der Waals surface area contributed by atoms with Gasteiger partial charge in [-0.25, -0.2) is 4.79 Å². The number of allylic oxidation sites excluding steroid dienone is 3. The van der Waals surface area contributed by atoms with Gasteiger partial charge in [-0.3, -0.25) is 0 Å². The fraction of sp³-hybridized carbons (Fsp3) is 0.643. The highest BCUT2D eigenvalue weighted by molar-refractivity contribution is 5.80. The zero-order chi connectivity index (χ0) is 12.4. The van der Waals surface area contributed by atoms with Crippen molar-refractivity contribution in [2.75, 3.05) is 0 Å². The van der Waals surface area contributed by atoms with Gasteiger partial charge in [0, 0.05) is 6.08 Å². The molecule has 0 aliphatic rings. The SMILES string of the molecule is CCCCCC/C=C(\C)C/C(C)=C\C(=O)O. The van der Waals surface area contributed by atoms with Gasteiger partial charge >= 0.3 is 5.97 Å². The lowest BCUT2D eigenvalue weighted by Crippen LogP contribution is -1.90. The van der Waals surface area contributed by atoms with E-state index in [4.69, 9.17) is 5.11 Å². The molecule has 0 radical (unpaired) electrons. The minimum absolute atomic E-state index is 0.778. The summed E-state index contributed by atoms with van der Waals surface area (Å²) in [6.07, 6.45) is 10.5. The van der Waals surface area contributed by atoms with Gasteiger partial charge in [-0.2, -0.15) is 0 Å². The second-order valence-corrected chi connectivity index (χ2v) is 4.41. The maximum atomic E-state index is 10.4. The van der Waals surface area contributed by atoms with Crippen molar-refractivity contribution in [2.45, 2.75) is 59.3 Å². The molecule has 16 heavy (non-hydrogen) atoms. The van der Waals surface area contributed by atoms with Crippen LogP contribution in [-0.4, -0.2) is 11.1 Å². The molecule has 0 saturated carbocycles. The van der Waals surface area contributed by atoms with Crippen molar-refractivity contribution < 1.29 is 9.90 Å². The van der Waals surface area contributed by atoms with Gasteiger partial charge in [-0.05, 0) is 33.1 Å². The average Bonchev–Trinajstić information content (AvgIpc) is 2.15. The van der Waals surface area contributed by atoms with Gasteiger partial charge in [0.1, 0.15) is 0 Å². The summed E-state index contributed by atoms with van der Waals surface area (Å²) in [7, 11) is 0. The van der Waals surface area contributed by atoms with Crippen LogP contribution in [0, 0.1) is 0 Å². The van der Waals surface area contributed by atoms with E-state index in [1.165, 1.54) is 37.3 Å². The lowest BCUT2D eigenvalue weighted by molar-refractivity contribution is -0.131. The number of carbonyl (C=O) groups is 1. The summed E-state index contributed by atoms with van der Waals surface area (Å²) in [6.45, 7) is 6.14. The van der Waals surface area contributed by atoms with Crippen LogP contribution in [0.25, 0.3) is 0 Å². The van der Waals surface area contributed by atoms with Crippen LogP contribution in [0.4, 0.5) is 0 Å². The summed E-state index contributed by atoms with van der Waals surface area (Å²) in [5.41, 5.74) is 2.18. The third-order valence-electron chi connectivity index (χ3n) is 2.48. The topological polar surface area (TPSA) is 37.3 Å². The minimum atomic E-state index is -0.853. The molecule has 0 atom stereocenters. The second kappa shape index (κ2) is 9.20. The van der Waals surface area contributed by atoms with Gasteiger partial charge in [-0.15, -0.1) is 0 Å². The normalized spacial score (nSPS) is 12.9. The number of aliphatic carboxylic acids is 1. The molecule has 2 heteroatoms. The molecule has 0 saturated heterocycles. The molecular weight excluding hydrogens is 200 g/mol. The Morgan fingerprint density at radius 2 is 1.81 bits per heavy atom. The van der Waals surface area contributed by atoms with Gasteiger partial charge in [-0.1, -0.05) is 43.4 Å². The van der Waals surface area contributed by atoms with Gasteiger partial charge in [0.05, 0.1) is 0 Å². The van der Waals surface area contributed by atoms with Crippen LogP contribution >= 0.6 is 0 Å². The maximum Gasteiger partial charge on any atom is 0.328 e. The summed E-state index contributed by atoms with van der Waals surface area (Å²) in [6, 6.07) is 0. The summed E-state index contributed by atoms with van der Waals surface area (Å²) in [4.78, 5) is 10.4. The summed E-state index contributed by atoms with van der Waals surface area (Å²) < 4.78 is 0. The third-order valence-corrected chi connectivity index (χ3v) is 2.48. The highest BCUT2D eigenvalue weighted by Crippen LogP contribution is 2.12. The molecular formula is C14H24O2. The highest BCUT2D eigenvalue weighted by Gasteiger charge is 1.96. The number of hydrogen-bond donors (Lipinski definition) is 1. The Morgan fingerprint density at radius 1 is 1.12 bits per heavy atom. The zero-order valence-electron chi connectivity index (χ0n) is 10.8. The smallest absolute Gasteiger partial charge is 0.328 e. The predicted octanol–water partition coefficient (Wildman–Crippen LogP) is 4.32. The van der Waals surface area contributed by atoms with Crippen LogP contribution in [0.15, 0.2) is 23.3 Å². The Morgan fingerprint density at radius 3 is 2.38 bits per heavy atom. The van der Waals surface area contributed by atoms with Crippen molar-refractivity contribution in [3.63, 3.8) is 0 Å². The summed E-state index contributed by atoms with van der Waals surface area (Å²) in [5.74, 6) is -0.853. The average molecular weight is 224 g/mol. The van der Waals surface area contributed by atoms with E-state index in [9.17, 15) is 4.79 Å². The van der Waals surface area contributed by atoms with E-state index in [1.54, 1.807) is 0 Å². The van der Waals surface area contributed by atoms with Gasteiger partial charge in [0.2, 0.25) is 0 Å². The Hall–Kier alpha value is -1.05. The van der Waals surface area contributed by atoms with E-state index in [1.807, 2.05) is 6.92 Å². The first-order chi connectivity index (χ1) is 7.56. The fourth-order valence-electron chi connectivity index (χ4n) is 1.69. The highest BCUT2D eigenvalue weighted by atomic mass is 16.4. The van der Waals surface area contributed by atoms with Crippen LogP contribution in [0.1, 0.15) is 59.3 Å². The lowest BCUT2D eigenvalue weighted by Gasteiger charge is -2.01. The first kappa shape index (κ1) is 14.9. The number of carboxylic acids is 1. The molecule has 0 spiro atoms. The first-order valence-electron chi connectivity index (χ1n) is 6.12. The van der Waals surface area contributed by atoms with Crippen molar-refractivity contribution in [1.82, 2.24) is 0 Å². The van der Waals surface area contributed by atoms with Crippen molar-refractivity contribution in [3.05, 3.63) is 23.3 Å². The van der Waals surface area contributed by atoms with Crippen molar-refractivity contribution >= 4 is 5.97 Å². The molecule has 0 aliphatic carbocycles. The largest absolute Gasteiger partial charge is 0.478 e. The molecule has 0 amide bonds. The van der Waals surface area contributed by atoms with E-state index in [-0.39, 0.29) is 0 Å². The molecule has 0 unspecified atom stereocenters. The Labute approximate surface area is 99.1 Å². The number of unbranched alkanes of at least 4 members (excludes halogenated alkanes) is 4. The molecule has 2 nitrogen and oxygen atoms in total. The molecule has 0 aliphatic heterocycles. The molecule has 0 aromatic rings. The van der Waals surface area contributed by atoms with Crippen LogP contribution in [-0.2, 0) is 4.79 Å². The Balaban J connectivity index is 3.82. The Kier molecular flexibility index (Phi) is 8.59. The monoisotopic (exact) mass is 224 g/mol. The molecule has 0 aromatic heterocycles. The molecule has 0 heterocycles. The van der Waals surface area contributed by atoms with Crippen molar-refractivity contribution in [3.8, 4) is 0 Å². The van der Waals surface area contributed by atoms with Crippen LogP contribution in [0.2, 0.25) is 0 Å². The maximum absolute atomic E-state index is 10.4. The molecule has 1 N–H and O–H groups in total. The van der Waals surface area contributed by atoms with E-state index >= 15 is 0 Å². The van der Waals surface area contributed by atoms with Crippen molar-refractivity contribution in [1.29, 1.82) is 0 Å². The molecule has 0 rings (SSSR count). The van der Waals surface area contributed by atoms with Gasteiger partial charge in [0.15, 0.2) is 0 Å². The van der Waals surface area contributed by atoms with Crippen molar-refractivity contribution in [2.24, 2.45) is 0 Å². The van der Waals surface area contributed by atoms with E-state index in [0.29, 0.717) is 0 Å². The van der Waals surface area contributed by atoms with E-state index in [0.717, 1.165) is 18.4 Å². The predicted molar refractivity (Wildman–Crippen MR) is 68.5 cm³/mol. The molecule has 0 bridgehead atoms. The van der Waals surface area contributed by atoms with Gasteiger partial charge < -0.3 is 5.11 Å². The third kappa shape index (κ3) is 9.50. The first-order valence-corrected chi connectivity index (χ1v) is 6.12. The molecule has 92 valence electrons.